The number of nitrogens with zero attached hydrogens (tertiary/aromatic N) is 2. The van der Waals surface area contributed by atoms with Crippen molar-refractivity contribution in [3.05, 3.63) is 12.0 Å². The minimum atomic E-state index is 0.603. The molecule has 1 saturated carbocycles. The van der Waals surface area contributed by atoms with Crippen LogP contribution in [-0.2, 0) is 6.54 Å². The summed E-state index contributed by atoms with van der Waals surface area (Å²) < 4.78 is 2.12. The topological polar surface area (TPSA) is 43.8 Å². The smallest absolute Gasteiger partial charge is 0.126 e. The van der Waals surface area contributed by atoms with Crippen LogP contribution in [0, 0.1) is 5.92 Å². The highest BCUT2D eigenvalue weighted by Crippen LogP contribution is 2.33. The third kappa shape index (κ3) is 3.02. The molecule has 0 unspecified atom stereocenters. The van der Waals surface area contributed by atoms with E-state index in [1.54, 1.807) is 0 Å². The van der Waals surface area contributed by atoms with Gasteiger partial charge >= 0.3 is 0 Å². The normalized spacial score (nSPS) is 18.5. The van der Waals surface area contributed by atoms with Crippen LogP contribution >= 0.6 is 0 Å². The van der Waals surface area contributed by atoms with Crippen LogP contribution in [0.2, 0.25) is 0 Å². The molecule has 96 valence electrons. The molecule has 2 N–H and O–H groups in total. The van der Waals surface area contributed by atoms with Gasteiger partial charge in [0.2, 0.25) is 0 Å². The molecule has 1 aromatic rings. The van der Waals surface area contributed by atoms with Gasteiger partial charge in [-0.2, -0.15) is 0 Å². The Labute approximate surface area is 104 Å². The zero-order valence-corrected chi connectivity index (χ0v) is 11.2. The first-order chi connectivity index (χ1) is 8.18. The number of hydrogen-bond donors (Lipinski definition) is 1. The fraction of sp³-hybridized carbons (Fsp3) is 0.786. The number of rotatable bonds is 3. The Balaban J connectivity index is 2.12. The van der Waals surface area contributed by atoms with Crippen molar-refractivity contribution in [2.45, 2.75) is 64.8 Å². The monoisotopic (exact) mass is 235 g/mol. The third-order valence-electron chi connectivity index (χ3n) is 3.71. The highest BCUT2D eigenvalue weighted by Gasteiger charge is 2.20. The summed E-state index contributed by atoms with van der Waals surface area (Å²) in [6.07, 6.45) is 9.88. The van der Waals surface area contributed by atoms with E-state index >= 15 is 0 Å². The molecule has 2 rings (SSSR count). The second-order valence-corrected chi connectivity index (χ2v) is 5.75. The summed E-state index contributed by atoms with van der Waals surface area (Å²) in [5, 5.41) is 0. The average molecular weight is 235 g/mol. The molecule has 0 radical (unpaired) electrons. The molecule has 1 fully saturated rings. The number of nitrogen functional groups attached to an aromatic ring is 1. The molecule has 1 aliphatic carbocycles. The molecule has 0 atom stereocenters. The van der Waals surface area contributed by atoms with Gasteiger partial charge in [-0.1, -0.05) is 39.5 Å². The van der Waals surface area contributed by atoms with Crippen LogP contribution in [0.25, 0.3) is 0 Å². The lowest BCUT2D eigenvalue weighted by atomic mass is 9.96. The summed E-state index contributed by atoms with van der Waals surface area (Å²) in [4.78, 5) is 4.57. The molecule has 0 spiro atoms. The van der Waals surface area contributed by atoms with Gasteiger partial charge in [0.25, 0.3) is 0 Å². The van der Waals surface area contributed by atoms with E-state index in [2.05, 4.69) is 23.4 Å². The Morgan fingerprint density at radius 3 is 2.53 bits per heavy atom. The Bertz CT molecular complexity index is 346. The number of imidazole rings is 1. The quantitative estimate of drug-likeness (QED) is 0.814. The summed E-state index contributed by atoms with van der Waals surface area (Å²) in [7, 11) is 0. The molecule has 1 aromatic heterocycles. The van der Waals surface area contributed by atoms with Crippen molar-refractivity contribution < 1.29 is 0 Å². The predicted octanol–water partition coefficient (Wildman–Crippen LogP) is 3.56. The van der Waals surface area contributed by atoms with Crippen LogP contribution in [0.3, 0.4) is 0 Å². The van der Waals surface area contributed by atoms with Crippen molar-refractivity contribution in [1.29, 1.82) is 0 Å². The van der Waals surface area contributed by atoms with Crippen molar-refractivity contribution in [2.24, 2.45) is 5.92 Å². The molecule has 1 heterocycles. The van der Waals surface area contributed by atoms with E-state index in [1.807, 2.05) is 6.33 Å². The molecule has 0 saturated heterocycles. The summed E-state index contributed by atoms with van der Waals surface area (Å²) in [6, 6.07) is 0. The predicted molar refractivity (Wildman–Crippen MR) is 71.9 cm³/mol. The highest BCUT2D eigenvalue weighted by atomic mass is 15.1. The lowest BCUT2D eigenvalue weighted by Crippen LogP contribution is -2.09. The zero-order chi connectivity index (χ0) is 12.3. The molecular weight excluding hydrogens is 210 g/mol. The first kappa shape index (κ1) is 12.5. The molecule has 0 aromatic carbocycles. The summed E-state index contributed by atoms with van der Waals surface area (Å²) >= 11 is 0. The molecule has 0 aliphatic heterocycles. The number of nitrogens with two attached hydrogens (primary N) is 1. The Kier molecular flexibility index (Phi) is 4.08. The van der Waals surface area contributed by atoms with E-state index in [0.29, 0.717) is 11.8 Å². The summed E-state index contributed by atoms with van der Waals surface area (Å²) in [5.74, 6) is 2.13. The Hall–Kier alpha value is -0.990. The van der Waals surface area contributed by atoms with Crippen LogP contribution in [-0.4, -0.2) is 9.55 Å². The second kappa shape index (κ2) is 5.56. The maximum Gasteiger partial charge on any atom is 0.126 e. The minimum Gasteiger partial charge on any atom is -0.384 e. The fourth-order valence-corrected chi connectivity index (χ4v) is 2.81. The summed E-state index contributed by atoms with van der Waals surface area (Å²) in [5.41, 5.74) is 7.39. The van der Waals surface area contributed by atoms with Gasteiger partial charge in [0, 0.05) is 12.5 Å². The van der Waals surface area contributed by atoms with Crippen LogP contribution in [0.15, 0.2) is 6.33 Å². The van der Waals surface area contributed by atoms with E-state index in [4.69, 9.17) is 5.73 Å². The third-order valence-corrected chi connectivity index (χ3v) is 3.71. The maximum atomic E-state index is 6.23. The van der Waals surface area contributed by atoms with Crippen molar-refractivity contribution in [3.63, 3.8) is 0 Å². The van der Waals surface area contributed by atoms with Gasteiger partial charge in [0.15, 0.2) is 0 Å². The Morgan fingerprint density at radius 1 is 1.29 bits per heavy atom. The van der Waals surface area contributed by atoms with Crippen LogP contribution in [0.4, 0.5) is 5.82 Å². The molecule has 1 aliphatic rings. The number of hydrogen-bond acceptors (Lipinski definition) is 2. The van der Waals surface area contributed by atoms with Crippen LogP contribution < -0.4 is 5.73 Å². The van der Waals surface area contributed by atoms with Gasteiger partial charge in [-0.25, -0.2) is 4.98 Å². The first-order valence-electron chi connectivity index (χ1n) is 6.99. The second-order valence-electron chi connectivity index (χ2n) is 5.75. The number of aromatic nitrogens is 2. The van der Waals surface area contributed by atoms with E-state index in [9.17, 15) is 0 Å². The van der Waals surface area contributed by atoms with E-state index in [-0.39, 0.29) is 0 Å². The summed E-state index contributed by atoms with van der Waals surface area (Å²) in [6.45, 7) is 5.40. The highest BCUT2D eigenvalue weighted by molar-refractivity contribution is 5.38. The molecule has 0 amide bonds. The van der Waals surface area contributed by atoms with Gasteiger partial charge in [0.1, 0.15) is 5.82 Å². The molecule has 17 heavy (non-hydrogen) atoms. The molecular formula is C14H25N3. The van der Waals surface area contributed by atoms with Gasteiger partial charge in [0.05, 0.1) is 12.0 Å². The Morgan fingerprint density at radius 2 is 1.94 bits per heavy atom. The SMILES string of the molecule is CC(C)Cn1cnc(C2CCCCCC2)c1N. The number of anilines is 1. The van der Waals surface area contributed by atoms with E-state index in [0.717, 1.165) is 18.1 Å². The van der Waals surface area contributed by atoms with Crippen molar-refractivity contribution in [2.75, 3.05) is 5.73 Å². The van der Waals surface area contributed by atoms with Gasteiger partial charge in [-0.3, -0.25) is 0 Å². The van der Waals surface area contributed by atoms with E-state index < -0.39 is 0 Å². The van der Waals surface area contributed by atoms with E-state index in [1.165, 1.54) is 38.5 Å². The van der Waals surface area contributed by atoms with Gasteiger partial charge in [-0.05, 0) is 18.8 Å². The first-order valence-corrected chi connectivity index (χ1v) is 6.99. The standard InChI is InChI=1S/C14H25N3/c1-11(2)9-17-10-16-13(14(17)15)12-7-5-3-4-6-8-12/h10-12H,3-9,15H2,1-2H3. The molecule has 3 heteroatoms. The van der Waals surface area contributed by atoms with Crippen molar-refractivity contribution >= 4 is 5.82 Å². The lowest BCUT2D eigenvalue weighted by Gasteiger charge is -2.13. The van der Waals surface area contributed by atoms with Crippen LogP contribution in [0.1, 0.15) is 64.0 Å². The zero-order valence-electron chi connectivity index (χ0n) is 11.2. The van der Waals surface area contributed by atoms with Gasteiger partial charge < -0.3 is 10.3 Å². The molecule has 3 nitrogen and oxygen atoms in total. The molecule has 0 bridgehead atoms. The van der Waals surface area contributed by atoms with Crippen molar-refractivity contribution in [3.8, 4) is 0 Å². The average Bonchev–Trinajstić information content (AvgIpc) is 2.55. The fourth-order valence-electron chi connectivity index (χ4n) is 2.81. The minimum absolute atomic E-state index is 0.603. The van der Waals surface area contributed by atoms with Crippen molar-refractivity contribution in [1.82, 2.24) is 9.55 Å². The van der Waals surface area contributed by atoms with Crippen LogP contribution in [0.5, 0.6) is 0 Å². The van der Waals surface area contributed by atoms with Gasteiger partial charge in [-0.15, -0.1) is 0 Å². The largest absolute Gasteiger partial charge is 0.384 e. The lowest BCUT2D eigenvalue weighted by molar-refractivity contribution is 0.526. The maximum absolute atomic E-state index is 6.23.